The van der Waals surface area contributed by atoms with Gasteiger partial charge < -0.3 is 5.73 Å². The van der Waals surface area contributed by atoms with Crippen LogP contribution in [-0.4, -0.2) is 11.3 Å². The Labute approximate surface area is 93.5 Å². The zero-order valence-electron chi connectivity index (χ0n) is 9.39. The van der Waals surface area contributed by atoms with E-state index in [1.54, 1.807) is 13.8 Å². The summed E-state index contributed by atoms with van der Waals surface area (Å²) in [6.45, 7) is 3.60. The Hall–Kier alpha value is -1.29. The number of benzene rings is 1. The quantitative estimate of drug-likeness (QED) is 0.803. The van der Waals surface area contributed by atoms with Crippen molar-refractivity contribution >= 4 is 5.78 Å². The SMILES string of the molecule is CC(C)(N)CCC(=O)c1cc(F)cc(F)c1. The number of hydrogen-bond acceptors (Lipinski definition) is 2. The fraction of sp³-hybridized carbons (Fsp3) is 0.417. The third-order valence-electron chi connectivity index (χ3n) is 2.18. The first-order chi connectivity index (χ1) is 7.28. The lowest BCUT2D eigenvalue weighted by atomic mass is 9.96. The van der Waals surface area contributed by atoms with Gasteiger partial charge in [-0.2, -0.15) is 0 Å². The van der Waals surface area contributed by atoms with E-state index >= 15 is 0 Å². The maximum atomic E-state index is 12.8. The van der Waals surface area contributed by atoms with E-state index < -0.39 is 17.2 Å². The smallest absolute Gasteiger partial charge is 0.163 e. The topological polar surface area (TPSA) is 43.1 Å². The third kappa shape index (κ3) is 4.06. The zero-order valence-corrected chi connectivity index (χ0v) is 9.39. The Morgan fingerprint density at radius 3 is 2.19 bits per heavy atom. The summed E-state index contributed by atoms with van der Waals surface area (Å²) < 4.78 is 25.7. The molecule has 0 aromatic heterocycles. The Bertz CT molecular complexity index is 376. The van der Waals surface area contributed by atoms with Gasteiger partial charge in [-0.1, -0.05) is 0 Å². The van der Waals surface area contributed by atoms with Crippen LogP contribution < -0.4 is 5.73 Å². The number of rotatable bonds is 4. The maximum absolute atomic E-state index is 12.8. The highest BCUT2D eigenvalue weighted by atomic mass is 19.1. The Morgan fingerprint density at radius 1 is 1.25 bits per heavy atom. The number of carbonyl (C=O) groups is 1. The largest absolute Gasteiger partial charge is 0.326 e. The summed E-state index contributed by atoms with van der Waals surface area (Å²) in [7, 11) is 0. The van der Waals surface area contributed by atoms with E-state index in [-0.39, 0.29) is 17.8 Å². The molecule has 0 fully saturated rings. The molecule has 0 saturated heterocycles. The number of ketones is 1. The lowest BCUT2D eigenvalue weighted by Gasteiger charge is -2.17. The standard InChI is InChI=1S/C12H15F2NO/c1-12(2,15)4-3-11(16)8-5-9(13)7-10(14)6-8/h5-7H,3-4,15H2,1-2H3. The molecule has 0 atom stereocenters. The average Bonchev–Trinajstić information content (AvgIpc) is 2.11. The molecule has 16 heavy (non-hydrogen) atoms. The van der Waals surface area contributed by atoms with E-state index in [0.717, 1.165) is 18.2 Å². The van der Waals surface area contributed by atoms with Crippen molar-refractivity contribution in [2.75, 3.05) is 0 Å². The molecular formula is C12H15F2NO. The van der Waals surface area contributed by atoms with Crippen molar-refractivity contribution in [3.8, 4) is 0 Å². The zero-order chi connectivity index (χ0) is 12.3. The van der Waals surface area contributed by atoms with Gasteiger partial charge in [0.1, 0.15) is 11.6 Å². The van der Waals surface area contributed by atoms with Gasteiger partial charge in [0.15, 0.2) is 5.78 Å². The van der Waals surface area contributed by atoms with Crippen LogP contribution in [0.25, 0.3) is 0 Å². The van der Waals surface area contributed by atoms with Gasteiger partial charge in [-0.25, -0.2) is 8.78 Å². The van der Waals surface area contributed by atoms with Crippen LogP contribution in [0, 0.1) is 11.6 Å². The molecule has 0 saturated carbocycles. The molecule has 88 valence electrons. The van der Waals surface area contributed by atoms with E-state index in [1.165, 1.54) is 0 Å². The van der Waals surface area contributed by atoms with Crippen LogP contribution in [0.1, 0.15) is 37.0 Å². The van der Waals surface area contributed by atoms with Crippen LogP contribution in [0.2, 0.25) is 0 Å². The number of nitrogens with two attached hydrogens (primary N) is 1. The second kappa shape index (κ2) is 4.70. The van der Waals surface area contributed by atoms with E-state index in [4.69, 9.17) is 5.73 Å². The van der Waals surface area contributed by atoms with Gasteiger partial charge in [0.2, 0.25) is 0 Å². The molecule has 0 radical (unpaired) electrons. The van der Waals surface area contributed by atoms with Gasteiger partial charge in [-0.15, -0.1) is 0 Å². The van der Waals surface area contributed by atoms with E-state index in [1.807, 2.05) is 0 Å². The molecule has 2 N–H and O–H groups in total. The predicted octanol–water partition coefficient (Wildman–Crippen LogP) is 2.67. The number of carbonyl (C=O) groups excluding carboxylic acids is 1. The summed E-state index contributed by atoms with van der Waals surface area (Å²) in [5, 5.41) is 0. The van der Waals surface area contributed by atoms with Gasteiger partial charge >= 0.3 is 0 Å². The molecule has 4 heteroatoms. The first-order valence-corrected chi connectivity index (χ1v) is 5.06. The van der Waals surface area contributed by atoms with Crippen molar-refractivity contribution < 1.29 is 13.6 Å². The fourth-order valence-corrected chi connectivity index (χ4v) is 1.29. The molecule has 0 bridgehead atoms. The predicted molar refractivity (Wildman–Crippen MR) is 58.2 cm³/mol. The molecule has 0 heterocycles. The van der Waals surface area contributed by atoms with Crippen molar-refractivity contribution in [3.63, 3.8) is 0 Å². The molecule has 0 spiro atoms. The van der Waals surface area contributed by atoms with Crippen LogP contribution in [-0.2, 0) is 0 Å². The minimum atomic E-state index is -0.740. The highest BCUT2D eigenvalue weighted by molar-refractivity contribution is 5.96. The monoisotopic (exact) mass is 227 g/mol. The van der Waals surface area contributed by atoms with Crippen molar-refractivity contribution in [1.82, 2.24) is 0 Å². The highest BCUT2D eigenvalue weighted by Crippen LogP contribution is 2.14. The van der Waals surface area contributed by atoms with Gasteiger partial charge in [-0.05, 0) is 32.4 Å². The summed E-state index contributed by atoms with van der Waals surface area (Å²) in [6.07, 6.45) is 0.663. The normalized spacial score (nSPS) is 11.6. The van der Waals surface area contributed by atoms with Crippen molar-refractivity contribution in [3.05, 3.63) is 35.4 Å². The van der Waals surface area contributed by atoms with Crippen LogP contribution in [0.5, 0.6) is 0 Å². The molecule has 1 aromatic carbocycles. The Morgan fingerprint density at radius 2 is 1.75 bits per heavy atom. The summed E-state index contributed by atoms with van der Waals surface area (Å²) >= 11 is 0. The molecule has 0 aliphatic rings. The van der Waals surface area contributed by atoms with Crippen LogP contribution in [0.15, 0.2) is 18.2 Å². The van der Waals surface area contributed by atoms with Crippen molar-refractivity contribution in [2.24, 2.45) is 5.73 Å². The Balaban J connectivity index is 2.73. The van der Waals surface area contributed by atoms with Crippen LogP contribution >= 0.6 is 0 Å². The summed E-state index contributed by atoms with van der Waals surface area (Å²) in [5.41, 5.74) is 5.32. The maximum Gasteiger partial charge on any atom is 0.163 e. The second-order valence-electron chi connectivity index (χ2n) is 4.57. The molecular weight excluding hydrogens is 212 g/mol. The number of Topliss-reactive ketones (excluding diaryl/α,β-unsaturated/α-hetero) is 1. The average molecular weight is 227 g/mol. The van der Waals surface area contributed by atoms with Gasteiger partial charge in [-0.3, -0.25) is 4.79 Å². The minimum Gasteiger partial charge on any atom is -0.326 e. The summed E-state index contributed by atoms with van der Waals surface area (Å²) in [6, 6.07) is 2.81. The third-order valence-corrected chi connectivity index (χ3v) is 2.18. The highest BCUT2D eigenvalue weighted by Gasteiger charge is 2.15. The number of hydrogen-bond donors (Lipinski definition) is 1. The number of halogens is 2. The second-order valence-corrected chi connectivity index (χ2v) is 4.57. The molecule has 1 aromatic rings. The molecule has 1 rings (SSSR count). The molecule has 0 unspecified atom stereocenters. The molecule has 0 aliphatic carbocycles. The van der Waals surface area contributed by atoms with Crippen LogP contribution in [0.3, 0.4) is 0 Å². The fourth-order valence-electron chi connectivity index (χ4n) is 1.29. The first-order valence-electron chi connectivity index (χ1n) is 5.06. The molecule has 0 amide bonds. The van der Waals surface area contributed by atoms with Crippen LogP contribution in [0.4, 0.5) is 8.78 Å². The van der Waals surface area contributed by atoms with Crippen molar-refractivity contribution in [2.45, 2.75) is 32.2 Å². The van der Waals surface area contributed by atoms with E-state index in [2.05, 4.69) is 0 Å². The van der Waals surface area contributed by atoms with Crippen molar-refractivity contribution in [1.29, 1.82) is 0 Å². The molecule has 2 nitrogen and oxygen atoms in total. The van der Waals surface area contributed by atoms with E-state index in [0.29, 0.717) is 6.42 Å². The summed E-state index contributed by atoms with van der Waals surface area (Å²) in [5.74, 6) is -1.78. The minimum absolute atomic E-state index is 0.0572. The first kappa shape index (κ1) is 12.8. The van der Waals surface area contributed by atoms with Gasteiger partial charge in [0.05, 0.1) is 0 Å². The lowest BCUT2D eigenvalue weighted by molar-refractivity contribution is 0.0971. The molecule has 0 aliphatic heterocycles. The van der Waals surface area contributed by atoms with Gasteiger partial charge in [0, 0.05) is 23.6 Å². The summed E-state index contributed by atoms with van der Waals surface area (Å²) in [4.78, 5) is 11.6. The lowest BCUT2D eigenvalue weighted by Crippen LogP contribution is -2.32. The Kier molecular flexibility index (Phi) is 3.75. The van der Waals surface area contributed by atoms with E-state index in [9.17, 15) is 13.6 Å². The van der Waals surface area contributed by atoms with Gasteiger partial charge in [0.25, 0.3) is 0 Å².